The molecule has 0 saturated heterocycles. The summed E-state index contributed by atoms with van der Waals surface area (Å²) in [6, 6.07) is 12.6. The van der Waals surface area contributed by atoms with Crippen molar-refractivity contribution < 1.29 is 9.59 Å². The van der Waals surface area contributed by atoms with Gasteiger partial charge in [-0.2, -0.15) is 0 Å². The molecule has 108 valence electrons. The number of hydrogen-bond donors (Lipinski definition) is 2. The van der Waals surface area contributed by atoms with Gasteiger partial charge >= 0.3 is 0 Å². The number of nitrogens with one attached hydrogen (secondary N) is 2. The summed E-state index contributed by atoms with van der Waals surface area (Å²) in [6.45, 7) is 1.44. The first-order valence-electron chi connectivity index (χ1n) is 6.10. The second kappa shape index (κ2) is 7.04. The van der Waals surface area contributed by atoms with E-state index in [9.17, 15) is 9.59 Å². The van der Waals surface area contributed by atoms with Crippen LogP contribution in [-0.4, -0.2) is 11.8 Å². The number of hydrogen-bond acceptors (Lipinski definition) is 2. The molecular formula is C15H12BrIN2O2. The van der Waals surface area contributed by atoms with E-state index in [2.05, 4.69) is 49.2 Å². The van der Waals surface area contributed by atoms with Crippen LogP contribution >= 0.6 is 38.5 Å². The Hall–Kier alpha value is -1.41. The van der Waals surface area contributed by atoms with Crippen LogP contribution in [0.4, 0.5) is 11.4 Å². The van der Waals surface area contributed by atoms with Crippen LogP contribution in [0.3, 0.4) is 0 Å². The standard InChI is InChI=1S/C15H12BrIN2O2/c1-9(20)18-11-3-2-4-12(8-11)19-15(21)13-7-10(17)5-6-14(13)16/h2-8H,1H3,(H,18,20)(H,19,21). The van der Waals surface area contributed by atoms with Crippen LogP contribution in [0.1, 0.15) is 17.3 Å². The third-order valence-corrected chi connectivity index (χ3v) is 3.98. The van der Waals surface area contributed by atoms with Crippen LogP contribution in [-0.2, 0) is 4.79 Å². The highest BCUT2D eigenvalue weighted by molar-refractivity contribution is 14.1. The molecule has 2 N–H and O–H groups in total. The SMILES string of the molecule is CC(=O)Nc1cccc(NC(=O)c2cc(I)ccc2Br)c1. The van der Waals surface area contributed by atoms with E-state index in [1.165, 1.54) is 6.92 Å². The van der Waals surface area contributed by atoms with Gasteiger partial charge in [0.2, 0.25) is 5.91 Å². The summed E-state index contributed by atoms with van der Waals surface area (Å²) >= 11 is 5.53. The summed E-state index contributed by atoms with van der Waals surface area (Å²) < 4.78 is 1.71. The highest BCUT2D eigenvalue weighted by Crippen LogP contribution is 2.22. The number of amides is 2. The average Bonchev–Trinajstić information content (AvgIpc) is 2.41. The third kappa shape index (κ3) is 4.53. The fourth-order valence-corrected chi connectivity index (χ4v) is 2.67. The van der Waals surface area contributed by atoms with Crippen LogP contribution in [0.15, 0.2) is 46.9 Å². The molecule has 0 fully saturated rings. The van der Waals surface area contributed by atoms with Crippen LogP contribution in [0.5, 0.6) is 0 Å². The summed E-state index contributed by atoms with van der Waals surface area (Å²) in [7, 11) is 0. The van der Waals surface area contributed by atoms with Gasteiger partial charge in [0.05, 0.1) is 5.56 Å². The van der Waals surface area contributed by atoms with Crippen molar-refractivity contribution in [3.05, 3.63) is 56.1 Å². The van der Waals surface area contributed by atoms with Crippen LogP contribution in [0, 0.1) is 3.57 Å². The molecule has 0 aromatic heterocycles. The van der Waals surface area contributed by atoms with Crippen molar-refractivity contribution >= 4 is 61.7 Å². The highest BCUT2D eigenvalue weighted by Gasteiger charge is 2.11. The van der Waals surface area contributed by atoms with Crippen molar-refractivity contribution in [2.45, 2.75) is 6.92 Å². The van der Waals surface area contributed by atoms with Crippen LogP contribution in [0.25, 0.3) is 0 Å². The van der Waals surface area contributed by atoms with E-state index in [4.69, 9.17) is 0 Å². The summed E-state index contributed by atoms with van der Waals surface area (Å²) in [5.74, 6) is -0.362. The fraction of sp³-hybridized carbons (Fsp3) is 0.0667. The smallest absolute Gasteiger partial charge is 0.256 e. The lowest BCUT2D eigenvalue weighted by atomic mass is 10.2. The van der Waals surface area contributed by atoms with Crippen molar-refractivity contribution in [1.82, 2.24) is 0 Å². The molecule has 21 heavy (non-hydrogen) atoms. The first-order valence-corrected chi connectivity index (χ1v) is 7.97. The Balaban J connectivity index is 2.19. The zero-order valence-electron chi connectivity index (χ0n) is 11.1. The molecule has 0 radical (unpaired) electrons. The fourth-order valence-electron chi connectivity index (χ4n) is 1.75. The minimum atomic E-state index is -0.208. The molecular weight excluding hydrogens is 447 g/mol. The second-order valence-corrected chi connectivity index (χ2v) is 6.44. The lowest BCUT2D eigenvalue weighted by Crippen LogP contribution is -2.13. The van der Waals surface area contributed by atoms with Gasteiger partial charge in [-0.25, -0.2) is 0 Å². The van der Waals surface area contributed by atoms with Gasteiger partial charge in [0.15, 0.2) is 0 Å². The molecule has 0 aliphatic rings. The molecule has 2 aromatic rings. The van der Waals surface area contributed by atoms with E-state index < -0.39 is 0 Å². The Bertz CT molecular complexity index is 704. The Kier molecular flexibility index (Phi) is 5.35. The molecule has 6 heteroatoms. The maximum Gasteiger partial charge on any atom is 0.256 e. The molecule has 0 unspecified atom stereocenters. The third-order valence-electron chi connectivity index (χ3n) is 2.61. The quantitative estimate of drug-likeness (QED) is 0.675. The topological polar surface area (TPSA) is 58.2 Å². The zero-order chi connectivity index (χ0) is 15.4. The number of rotatable bonds is 3. The first kappa shape index (κ1) is 16.0. The molecule has 0 bridgehead atoms. The predicted octanol–water partition coefficient (Wildman–Crippen LogP) is 4.26. The van der Waals surface area contributed by atoms with Gasteiger partial charge in [-0.1, -0.05) is 6.07 Å². The van der Waals surface area contributed by atoms with Crippen molar-refractivity contribution in [3.8, 4) is 0 Å². The summed E-state index contributed by atoms with van der Waals surface area (Å²) in [4.78, 5) is 23.3. The van der Waals surface area contributed by atoms with Gasteiger partial charge in [0.1, 0.15) is 0 Å². The molecule has 2 rings (SSSR count). The summed E-state index contributed by atoms with van der Waals surface area (Å²) in [5, 5.41) is 5.49. The molecule has 2 aromatic carbocycles. The van der Waals surface area contributed by atoms with Crippen LogP contribution < -0.4 is 10.6 Å². The second-order valence-electron chi connectivity index (χ2n) is 4.34. The highest BCUT2D eigenvalue weighted by atomic mass is 127. The van der Waals surface area contributed by atoms with E-state index in [1.54, 1.807) is 30.3 Å². The zero-order valence-corrected chi connectivity index (χ0v) is 14.9. The van der Waals surface area contributed by atoms with E-state index in [1.807, 2.05) is 12.1 Å². The molecule has 2 amide bonds. The number of halogens is 2. The van der Waals surface area contributed by atoms with Crippen molar-refractivity contribution in [1.29, 1.82) is 0 Å². The Labute approximate surface area is 144 Å². The number of anilines is 2. The van der Waals surface area contributed by atoms with Gasteiger partial charge in [-0.15, -0.1) is 0 Å². The Morgan fingerprint density at radius 2 is 1.71 bits per heavy atom. The van der Waals surface area contributed by atoms with Crippen molar-refractivity contribution in [3.63, 3.8) is 0 Å². The molecule has 0 spiro atoms. The van der Waals surface area contributed by atoms with Crippen molar-refractivity contribution in [2.75, 3.05) is 10.6 Å². The Morgan fingerprint density at radius 1 is 1.05 bits per heavy atom. The van der Waals surface area contributed by atoms with Crippen LogP contribution in [0.2, 0.25) is 0 Å². The number of carbonyl (C=O) groups excluding carboxylic acids is 2. The first-order chi connectivity index (χ1) is 9.95. The molecule has 0 aliphatic heterocycles. The normalized spacial score (nSPS) is 10.0. The molecule has 4 nitrogen and oxygen atoms in total. The summed E-state index contributed by atoms with van der Waals surface area (Å²) in [5.41, 5.74) is 1.82. The molecule has 0 atom stereocenters. The molecule has 0 aliphatic carbocycles. The predicted molar refractivity (Wildman–Crippen MR) is 95.6 cm³/mol. The average molecular weight is 459 g/mol. The number of benzene rings is 2. The monoisotopic (exact) mass is 458 g/mol. The minimum absolute atomic E-state index is 0.154. The Morgan fingerprint density at radius 3 is 2.38 bits per heavy atom. The van der Waals surface area contributed by atoms with E-state index >= 15 is 0 Å². The van der Waals surface area contributed by atoms with Gasteiger partial charge in [0.25, 0.3) is 5.91 Å². The van der Waals surface area contributed by atoms with E-state index in [-0.39, 0.29) is 11.8 Å². The minimum Gasteiger partial charge on any atom is -0.326 e. The summed E-state index contributed by atoms with van der Waals surface area (Å²) in [6.07, 6.45) is 0. The maximum atomic E-state index is 12.3. The lowest BCUT2D eigenvalue weighted by Gasteiger charge is -2.09. The molecule has 0 saturated carbocycles. The van der Waals surface area contributed by atoms with Gasteiger partial charge < -0.3 is 10.6 Å². The largest absolute Gasteiger partial charge is 0.326 e. The van der Waals surface area contributed by atoms with Gasteiger partial charge in [-0.05, 0) is 74.9 Å². The van der Waals surface area contributed by atoms with E-state index in [0.717, 1.165) is 8.04 Å². The maximum absolute atomic E-state index is 12.3. The molecule has 0 heterocycles. The lowest BCUT2D eigenvalue weighted by molar-refractivity contribution is -0.114. The number of carbonyl (C=O) groups is 2. The van der Waals surface area contributed by atoms with E-state index in [0.29, 0.717) is 16.9 Å². The van der Waals surface area contributed by atoms with Gasteiger partial charge in [-0.3, -0.25) is 9.59 Å². The van der Waals surface area contributed by atoms with Gasteiger partial charge in [0, 0.05) is 26.3 Å². The van der Waals surface area contributed by atoms with Crippen molar-refractivity contribution in [2.24, 2.45) is 0 Å².